The fourth-order valence-corrected chi connectivity index (χ4v) is 2.04. The normalized spacial score (nSPS) is 14.8. The Morgan fingerprint density at radius 1 is 0.800 bits per heavy atom. The van der Waals surface area contributed by atoms with Gasteiger partial charge in [0.1, 0.15) is 0 Å². The third-order valence-electron chi connectivity index (χ3n) is 3.20. The summed E-state index contributed by atoms with van der Waals surface area (Å²) in [5.74, 6) is -2.63. The van der Waals surface area contributed by atoms with E-state index in [2.05, 4.69) is 58.0 Å². The van der Waals surface area contributed by atoms with Gasteiger partial charge in [-0.25, -0.2) is 24.0 Å². The first-order chi connectivity index (χ1) is 16.4. The maximum Gasteiger partial charge on any atom is 0.556 e. The number of ketones is 3. The lowest BCUT2D eigenvalue weighted by Crippen LogP contribution is -2.23. The van der Waals surface area contributed by atoms with E-state index in [0.29, 0.717) is 6.61 Å². The Bertz CT molecular complexity index is 725. The minimum absolute atomic E-state index is 0.481. The van der Waals surface area contributed by atoms with Crippen LogP contribution < -0.4 is 0 Å². The smallest absolute Gasteiger partial charge is 0.501 e. The summed E-state index contributed by atoms with van der Waals surface area (Å²) < 4.78 is 30.4. The van der Waals surface area contributed by atoms with Crippen LogP contribution in [0.5, 0.6) is 0 Å². The van der Waals surface area contributed by atoms with Crippen molar-refractivity contribution >= 4 is 31.1 Å². The molecule has 0 aliphatic carbocycles. The van der Waals surface area contributed by atoms with E-state index >= 15 is 0 Å². The highest BCUT2D eigenvalue weighted by molar-refractivity contribution is 7.48. The summed E-state index contributed by atoms with van der Waals surface area (Å²) in [7, 11) is -4.76. The van der Waals surface area contributed by atoms with Gasteiger partial charge in [0.15, 0.2) is 35.7 Å². The number of rotatable bonds is 18. The molecule has 3 atom stereocenters. The van der Waals surface area contributed by atoms with Gasteiger partial charge in [0.05, 0.1) is 18.9 Å². The molecule has 0 spiro atoms. The van der Waals surface area contributed by atoms with E-state index in [0.717, 1.165) is 30.6 Å². The van der Waals surface area contributed by atoms with Crippen LogP contribution in [0, 0.1) is 0 Å². The standard InChI is InChI=1S/C15H21O10P.C5H8O4/c1-7-13(16)10(4)20-23-26(19,24-21-11(5)14(17)8-2)25-22-12(6)15(18)9-3;1-2-8-4-3-5(6)9-7/h7-12H,1-3H2,4-6H3;3-4,7H,2H2,1H3. The average Bonchev–Trinajstić information content (AvgIpc) is 2.87. The Balaban J connectivity index is 0. The van der Waals surface area contributed by atoms with Crippen molar-refractivity contribution in [3.05, 3.63) is 50.3 Å². The SMILES string of the molecule is C=CC(=O)C(C)OOP(=O)(OOC(C)C(=O)C=C)OOC(C)C(=O)C=C.CCOC=CC(=O)OO. The first-order valence-corrected chi connectivity index (χ1v) is 11.1. The topological polar surface area (TPSA) is 179 Å². The maximum absolute atomic E-state index is 12.4. The van der Waals surface area contributed by atoms with Crippen molar-refractivity contribution in [2.75, 3.05) is 6.61 Å². The van der Waals surface area contributed by atoms with E-state index < -0.39 is 49.5 Å². The second kappa shape index (κ2) is 19.5. The predicted molar refractivity (Wildman–Crippen MR) is 118 cm³/mol. The zero-order valence-corrected chi connectivity index (χ0v) is 20.5. The van der Waals surface area contributed by atoms with Crippen LogP contribution in [-0.4, -0.2) is 53.5 Å². The molecule has 0 saturated heterocycles. The second-order valence-corrected chi connectivity index (χ2v) is 7.22. The van der Waals surface area contributed by atoms with Crippen molar-refractivity contribution in [3.63, 3.8) is 0 Å². The molecule has 0 amide bonds. The van der Waals surface area contributed by atoms with Gasteiger partial charge in [-0.3, -0.25) is 19.3 Å². The molecule has 14 nitrogen and oxygen atoms in total. The molecule has 1 N–H and O–H groups in total. The minimum atomic E-state index is -4.76. The predicted octanol–water partition coefficient (Wildman–Crippen LogP) is 2.92. The molecule has 0 rings (SSSR count). The lowest BCUT2D eigenvalue weighted by Gasteiger charge is -2.18. The van der Waals surface area contributed by atoms with Gasteiger partial charge in [-0.2, -0.15) is 5.26 Å². The summed E-state index contributed by atoms with van der Waals surface area (Å²) in [4.78, 5) is 61.2. The van der Waals surface area contributed by atoms with E-state index in [1.54, 1.807) is 6.92 Å². The Morgan fingerprint density at radius 3 is 1.40 bits per heavy atom. The Morgan fingerprint density at radius 2 is 1.14 bits per heavy atom. The van der Waals surface area contributed by atoms with Crippen LogP contribution in [0.4, 0.5) is 0 Å². The number of carbonyl (C=O) groups excluding carboxylic acids is 4. The van der Waals surface area contributed by atoms with Gasteiger partial charge >= 0.3 is 13.8 Å². The molecule has 0 saturated carbocycles. The lowest BCUT2D eigenvalue weighted by atomic mass is 10.3. The lowest BCUT2D eigenvalue weighted by molar-refractivity contribution is -0.340. The Labute approximate surface area is 202 Å². The largest absolute Gasteiger partial charge is 0.556 e. The molecule has 15 heteroatoms. The molecule has 35 heavy (non-hydrogen) atoms. The number of hydrogen-bond acceptors (Lipinski definition) is 14. The number of carbonyl (C=O) groups is 4. The van der Waals surface area contributed by atoms with Crippen molar-refractivity contribution in [1.82, 2.24) is 0 Å². The molecule has 0 radical (unpaired) electrons. The summed E-state index contributed by atoms with van der Waals surface area (Å²) in [5.41, 5.74) is 0. The fraction of sp³-hybridized carbons (Fsp3) is 0.400. The van der Waals surface area contributed by atoms with Crippen LogP contribution in [-0.2, 0) is 62.1 Å². The first-order valence-electron chi connectivity index (χ1n) is 9.68. The molecule has 0 aromatic rings. The van der Waals surface area contributed by atoms with E-state index in [1.165, 1.54) is 20.8 Å². The van der Waals surface area contributed by atoms with E-state index in [4.69, 9.17) is 5.26 Å². The quantitative estimate of drug-likeness (QED) is 0.0909. The third kappa shape index (κ3) is 16.5. The number of ether oxygens (including phenoxy) is 1. The molecule has 3 unspecified atom stereocenters. The zero-order chi connectivity index (χ0) is 27.4. The van der Waals surface area contributed by atoms with E-state index in [9.17, 15) is 23.7 Å². The number of phosphoric acid groups is 1. The number of hydrogen-bond donors (Lipinski definition) is 1. The van der Waals surface area contributed by atoms with Gasteiger partial charge in [0.25, 0.3) is 0 Å². The summed E-state index contributed by atoms with van der Waals surface area (Å²) in [5, 5.41) is 7.68. The van der Waals surface area contributed by atoms with Crippen molar-refractivity contribution in [3.8, 4) is 0 Å². The average molecular weight is 524 g/mol. The van der Waals surface area contributed by atoms with Crippen molar-refractivity contribution in [2.45, 2.75) is 46.0 Å². The summed E-state index contributed by atoms with van der Waals surface area (Å²) in [6.45, 7) is 15.8. The highest BCUT2D eigenvalue weighted by atomic mass is 31.2. The van der Waals surface area contributed by atoms with Crippen molar-refractivity contribution in [2.24, 2.45) is 0 Å². The van der Waals surface area contributed by atoms with Crippen LogP contribution in [0.3, 0.4) is 0 Å². The summed E-state index contributed by atoms with van der Waals surface area (Å²) in [6, 6.07) is 0. The molecule has 0 fully saturated rings. The van der Waals surface area contributed by atoms with Crippen molar-refractivity contribution < 1.29 is 67.3 Å². The van der Waals surface area contributed by atoms with Crippen LogP contribution in [0.25, 0.3) is 0 Å². The third-order valence-corrected chi connectivity index (χ3v) is 4.00. The molecule has 0 aromatic heterocycles. The van der Waals surface area contributed by atoms with Crippen molar-refractivity contribution in [1.29, 1.82) is 0 Å². The maximum atomic E-state index is 12.4. The fourth-order valence-electron chi connectivity index (χ4n) is 1.26. The summed E-state index contributed by atoms with van der Waals surface area (Å²) in [6.07, 6.45) is 1.32. The first kappa shape index (κ1) is 34.4. The molecule has 198 valence electrons. The van der Waals surface area contributed by atoms with Gasteiger partial charge < -0.3 is 4.74 Å². The highest BCUT2D eigenvalue weighted by Crippen LogP contribution is 2.51. The van der Waals surface area contributed by atoms with Crippen LogP contribution in [0.1, 0.15) is 27.7 Å². The Hall–Kier alpha value is -2.81. The molecule has 0 aliphatic rings. The van der Waals surface area contributed by atoms with E-state index in [1.807, 2.05) is 0 Å². The second-order valence-electron chi connectivity index (χ2n) is 5.87. The molecule has 0 bridgehead atoms. The molecule has 0 aliphatic heterocycles. The Kier molecular flexibility index (Phi) is 19.1. The van der Waals surface area contributed by atoms with Gasteiger partial charge in [0.2, 0.25) is 0 Å². The molecular weight excluding hydrogens is 495 g/mol. The van der Waals surface area contributed by atoms with Gasteiger partial charge in [-0.15, -0.1) is 14.0 Å². The van der Waals surface area contributed by atoms with Gasteiger partial charge in [0, 0.05) is 0 Å². The summed E-state index contributed by atoms with van der Waals surface area (Å²) >= 11 is 0. The molecular formula is C20H29O14P. The monoisotopic (exact) mass is 524 g/mol. The van der Waals surface area contributed by atoms with Crippen LogP contribution >= 0.6 is 7.82 Å². The zero-order valence-electron chi connectivity index (χ0n) is 19.6. The van der Waals surface area contributed by atoms with Gasteiger partial charge in [-0.1, -0.05) is 19.7 Å². The van der Waals surface area contributed by atoms with Gasteiger partial charge in [-0.05, 0) is 45.9 Å². The van der Waals surface area contributed by atoms with E-state index in [-0.39, 0.29) is 0 Å². The highest BCUT2D eigenvalue weighted by Gasteiger charge is 2.36. The van der Waals surface area contributed by atoms with Crippen LogP contribution in [0.15, 0.2) is 50.3 Å². The van der Waals surface area contributed by atoms with Crippen LogP contribution in [0.2, 0.25) is 0 Å². The minimum Gasteiger partial charge on any atom is -0.501 e. The molecule has 0 heterocycles. The molecule has 0 aromatic carbocycles.